The summed E-state index contributed by atoms with van der Waals surface area (Å²) in [7, 11) is 6.68. The van der Waals surface area contributed by atoms with E-state index in [0.717, 1.165) is 12.1 Å². The number of phenolic OH excluding ortho intramolecular Hbond substituents is 1. The normalized spacial score (nSPS) is 31.7. The minimum absolute atomic E-state index is 0.0341. The molecule has 152 valence electrons. The van der Waals surface area contributed by atoms with E-state index >= 15 is 0 Å². The number of aromatic hydroxyl groups is 1. The Balaban J connectivity index is 2.08. The smallest absolute Gasteiger partial charge is 0.197 e. The molecule has 4 rings (SSSR count). The summed E-state index contributed by atoms with van der Waals surface area (Å²) < 4.78 is 16.7. The second-order valence-corrected chi connectivity index (χ2v) is 7.93. The van der Waals surface area contributed by atoms with Gasteiger partial charge in [-0.15, -0.1) is 0 Å². The second-order valence-electron chi connectivity index (χ2n) is 7.93. The quantitative estimate of drug-likeness (QED) is 0.810. The number of ether oxygens (including phenoxy) is 3. The summed E-state index contributed by atoms with van der Waals surface area (Å²) >= 11 is 0. The van der Waals surface area contributed by atoms with E-state index in [2.05, 4.69) is 4.90 Å². The second kappa shape index (κ2) is 6.76. The van der Waals surface area contributed by atoms with E-state index in [-0.39, 0.29) is 42.6 Å². The van der Waals surface area contributed by atoms with Gasteiger partial charge in [-0.3, -0.25) is 9.69 Å². The Morgan fingerprint density at radius 1 is 1.29 bits per heavy atom. The number of likely N-dealkylation sites (tertiary alicyclic amines) is 1. The highest BCUT2D eigenvalue weighted by atomic mass is 16.5. The van der Waals surface area contributed by atoms with Gasteiger partial charge in [-0.25, -0.2) is 0 Å². The minimum Gasteiger partial charge on any atom is -0.504 e. The monoisotopic (exact) mass is 389 g/mol. The van der Waals surface area contributed by atoms with Crippen molar-refractivity contribution in [1.82, 2.24) is 4.90 Å². The zero-order chi connectivity index (χ0) is 20.2. The van der Waals surface area contributed by atoms with Gasteiger partial charge in [-0.2, -0.15) is 0 Å². The Morgan fingerprint density at radius 3 is 2.64 bits per heavy atom. The number of hydrogen-bond donors (Lipinski definition) is 2. The highest BCUT2D eigenvalue weighted by Crippen LogP contribution is 2.61. The number of carbonyl (C=O) groups excluding carboxylic acids is 1. The Labute approximate surface area is 164 Å². The van der Waals surface area contributed by atoms with E-state index in [1.165, 1.54) is 14.2 Å². The third kappa shape index (κ3) is 2.36. The maximum atomic E-state index is 12.8. The number of nitrogens with zero attached hydrogens (tertiary/aromatic N) is 1. The molecular formula is C21H27NO6. The van der Waals surface area contributed by atoms with Gasteiger partial charge >= 0.3 is 0 Å². The maximum Gasteiger partial charge on any atom is 0.197 e. The molecule has 3 aliphatic rings. The van der Waals surface area contributed by atoms with Crippen LogP contribution in [0, 0.1) is 5.92 Å². The number of piperidine rings is 1. The van der Waals surface area contributed by atoms with E-state index in [9.17, 15) is 15.0 Å². The third-order valence-corrected chi connectivity index (χ3v) is 6.85. The fourth-order valence-corrected chi connectivity index (χ4v) is 5.63. The molecule has 1 aliphatic heterocycles. The van der Waals surface area contributed by atoms with Crippen molar-refractivity contribution in [3.05, 3.63) is 34.6 Å². The average molecular weight is 389 g/mol. The third-order valence-electron chi connectivity index (χ3n) is 6.85. The van der Waals surface area contributed by atoms with Crippen molar-refractivity contribution in [2.75, 3.05) is 34.9 Å². The van der Waals surface area contributed by atoms with E-state index in [1.54, 1.807) is 13.2 Å². The van der Waals surface area contributed by atoms with E-state index in [0.29, 0.717) is 29.1 Å². The summed E-state index contributed by atoms with van der Waals surface area (Å²) in [6.07, 6.45) is 2.49. The van der Waals surface area contributed by atoms with Crippen molar-refractivity contribution in [1.29, 1.82) is 0 Å². The van der Waals surface area contributed by atoms with Crippen molar-refractivity contribution in [2.24, 2.45) is 5.92 Å². The predicted octanol–water partition coefficient (Wildman–Crippen LogP) is 1.66. The molecular weight excluding hydrogens is 362 g/mol. The van der Waals surface area contributed by atoms with Crippen molar-refractivity contribution >= 4 is 5.78 Å². The van der Waals surface area contributed by atoms with Crippen LogP contribution >= 0.6 is 0 Å². The number of carbonyl (C=O) groups is 1. The lowest BCUT2D eigenvalue weighted by atomic mass is 9.52. The van der Waals surface area contributed by atoms with Gasteiger partial charge < -0.3 is 24.4 Å². The standard InChI is InChI=1S/C21H27NO6/c1-22-6-5-21-9-13(24)14(26-2)8-12(21)18(22)20(28-4)16-11(10-23)7-15(27-3)19(25)17(16)21/h7-8,12,18,20,23,25H,5-6,9-10H2,1-4H3/t12?,18-,20-,21-/m1/s1. The van der Waals surface area contributed by atoms with Crippen LogP contribution in [-0.2, 0) is 26.3 Å². The zero-order valence-corrected chi connectivity index (χ0v) is 16.7. The van der Waals surface area contributed by atoms with Crippen LogP contribution in [0.1, 0.15) is 35.6 Å². The largest absolute Gasteiger partial charge is 0.504 e. The van der Waals surface area contributed by atoms with Crippen molar-refractivity contribution < 1.29 is 29.2 Å². The number of phenols is 1. The van der Waals surface area contributed by atoms with Gasteiger partial charge in [-0.1, -0.05) is 0 Å². The van der Waals surface area contributed by atoms with Gasteiger partial charge in [0.2, 0.25) is 0 Å². The number of aliphatic hydroxyl groups excluding tert-OH is 1. The summed E-state index contributed by atoms with van der Waals surface area (Å²) in [5.74, 6) is 0.561. The number of benzene rings is 1. The number of fused-ring (bicyclic) bond motifs is 1. The molecule has 0 spiro atoms. The van der Waals surface area contributed by atoms with Crippen LogP contribution < -0.4 is 4.74 Å². The number of likely N-dealkylation sites (N-methyl/N-ethyl adjacent to an activating group) is 1. The molecule has 1 heterocycles. The molecule has 2 aliphatic carbocycles. The van der Waals surface area contributed by atoms with Gasteiger partial charge in [-0.05, 0) is 43.3 Å². The first kappa shape index (κ1) is 19.2. The highest BCUT2D eigenvalue weighted by Gasteiger charge is 2.60. The Hall–Kier alpha value is -2.09. The molecule has 0 aromatic heterocycles. The van der Waals surface area contributed by atoms with Gasteiger partial charge in [0, 0.05) is 36.5 Å². The number of allylic oxidation sites excluding steroid dienone is 1. The number of ketones is 1. The molecule has 1 unspecified atom stereocenters. The zero-order valence-electron chi connectivity index (χ0n) is 16.7. The lowest BCUT2D eigenvalue weighted by Gasteiger charge is -2.58. The molecule has 2 N–H and O–H groups in total. The first-order valence-corrected chi connectivity index (χ1v) is 9.49. The van der Waals surface area contributed by atoms with Crippen molar-refractivity contribution in [2.45, 2.75) is 37.0 Å². The molecule has 0 amide bonds. The fraction of sp³-hybridized carbons (Fsp3) is 0.571. The molecule has 28 heavy (non-hydrogen) atoms. The Bertz CT molecular complexity index is 850. The average Bonchev–Trinajstić information content (AvgIpc) is 2.69. The number of methoxy groups -OCH3 is 3. The van der Waals surface area contributed by atoms with Crippen LogP contribution in [0.5, 0.6) is 11.5 Å². The lowest BCUT2D eigenvalue weighted by molar-refractivity contribution is -0.125. The maximum absolute atomic E-state index is 12.8. The van der Waals surface area contributed by atoms with Gasteiger partial charge in [0.05, 0.1) is 26.9 Å². The molecule has 1 saturated heterocycles. The Kier molecular flexibility index (Phi) is 4.64. The highest BCUT2D eigenvalue weighted by molar-refractivity contribution is 5.96. The summed E-state index contributed by atoms with van der Waals surface area (Å²) in [6.45, 7) is 0.568. The molecule has 1 aromatic rings. The van der Waals surface area contributed by atoms with Crippen LogP contribution in [0.4, 0.5) is 0 Å². The fourth-order valence-electron chi connectivity index (χ4n) is 5.63. The molecule has 7 heteroatoms. The van der Waals surface area contributed by atoms with Crippen molar-refractivity contribution in [3.8, 4) is 11.5 Å². The molecule has 4 atom stereocenters. The SMILES string of the molecule is COC1=CC2[C@@H]3[C@H](OC)c4c(CO)cc(OC)c(O)c4[C@]2(CCN3C)CC1=O. The lowest BCUT2D eigenvalue weighted by Crippen LogP contribution is -2.62. The number of Topliss-reactive ketones (excluding diaryl/α,β-unsaturated/α-hetero) is 1. The minimum atomic E-state index is -0.580. The van der Waals surface area contributed by atoms with Crippen LogP contribution in [-0.4, -0.2) is 61.9 Å². The van der Waals surface area contributed by atoms with E-state index < -0.39 is 5.41 Å². The molecule has 0 radical (unpaired) electrons. The van der Waals surface area contributed by atoms with Crippen LogP contribution in [0.25, 0.3) is 0 Å². The number of aliphatic hydroxyl groups is 1. The molecule has 7 nitrogen and oxygen atoms in total. The van der Waals surface area contributed by atoms with Gasteiger partial charge in [0.15, 0.2) is 23.0 Å². The van der Waals surface area contributed by atoms with Crippen LogP contribution in [0.15, 0.2) is 17.9 Å². The molecule has 2 bridgehead atoms. The van der Waals surface area contributed by atoms with E-state index in [1.807, 2.05) is 13.1 Å². The summed E-state index contributed by atoms with van der Waals surface area (Å²) in [6, 6.07) is 1.62. The summed E-state index contributed by atoms with van der Waals surface area (Å²) in [5, 5.41) is 21.2. The Morgan fingerprint density at radius 2 is 2.04 bits per heavy atom. The predicted molar refractivity (Wildman–Crippen MR) is 101 cm³/mol. The first-order valence-electron chi connectivity index (χ1n) is 9.49. The molecule has 1 aromatic carbocycles. The van der Waals surface area contributed by atoms with Gasteiger partial charge in [0.25, 0.3) is 0 Å². The van der Waals surface area contributed by atoms with Gasteiger partial charge in [0.1, 0.15) is 0 Å². The number of hydrogen-bond acceptors (Lipinski definition) is 7. The van der Waals surface area contributed by atoms with Crippen LogP contribution in [0.2, 0.25) is 0 Å². The summed E-state index contributed by atoms with van der Waals surface area (Å²) in [5.41, 5.74) is 1.53. The van der Waals surface area contributed by atoms with Crippen LogP contribution in [0.3, 0.4) is 0 Å². The molecule has 1 fully saturated rings. The topological polar surface area (TPSA) is 88.5 Å². The first-order chi connectivity index (χ1) is 13.4. The molecule has 0 saturated carbocycles. The van der Waals surface area contributed by atoms with E-state index in [4.69, 9.17) is 14.2 Å². The van der Waals surface area contributed by atoms with Crippen molar-refractivity contribution in [3.63, 3.8) is 0 Å². The number of rotatable bonds is 4. The summed E-state index contributed by atoms with van der Waals surface area (Å²) in [4.78, 5) is 15.1.